The standard InChI is InChI=1S/C29H43N5O5/c1-18-14-34(19(2)17-35)28(36)24-13-23(30-29(37)31-27-20(3)32-39-21(27)4)11-12-25(24)38-26(18)16-33(5)15-22-9-7-6-8-10-22/h11-13,18-19,22,26,35H,6-10,14-17H2,1-5H3,(H2,30,31,37)/t18-,19+,26-/m0/s1. The van der Waals surface area contributed by atoms with Gasteiger partial charge in [-0.3, -0.25) is 4.79 Å². The predicted molar refractivity (Wildman–Crippen MR) is 150 cm³/mol. The molecule has 2 aromatic rings. The maximum absolute atomic E-state index is 13.7. The number of urea groups is 1. The monoisotopic (exact) mass is 541 g/mol. The molecule has 1 fully saturated rings. The number of hydrogen-bond donors (Lipinski definition) is 3. The summed E-state index contributed by atoms with van der Waals surface area (Å²) in [6, 6.07) is 4.28. The zero-order valence-corrected chi connectivity index (χ0v) is 23.8. The van der Waals surface area contributed by atoms with Gasteiger partial charge in [0.15, 0.2) is 5.76 Å². The maximum atomic E-state index is 13.7. The van der Waals surface area contributed by atoms with E-state index in [-0.39, 0.29) is 30.6 Å². The SMILES string of the molecule is Cc1noc(C)c1NC(=O)Nc1ccc2c(c1)C(=O)N([C@H](C)CO)C[C@H](C)[C@H](CN(C)CC1CCCCC1)O2. The average molecular weight is 542 g/mol. The van der Waals surface area contributed by atoms with Gasteiger partial charge in [-0.25, -0.2) is 4.79 Å². The minimum absolute atomic E-state index is 0.0588. The number of fused-ring (bicyclic) bond motifs is 1. The summed E-state index contributed by atoms with van der Waals surface area (Å²) < 4.78 is 11.6. The van der Waals surface area contributed by atoms with Crippen LogP contribution in [0.4, 0.5) is 16.2 Å². The molecule has 10 nitrogen and oxygen atoms in total. The molecule has 0 radical (unpaired) electrons. The minimum Gasteiger partial charge on any atom is -0.488 e. The van der Waals surface area contributed by atoms with Crippen LogP contribution >= 0.6 is 0 Å². The number of benzene rings is 1. The molecule has 1 aromatic heterocycles. The first-order valence-corrected chi connectivity index (χ1v) is 14.1. The molecule has 0 saturated heterocycles. The molecule has 4 rings (SSSR count). The van der Waals surface area contributed by atoms with E-state index in [1.807, 2.05) is 6.92 Å². The molecule has 1 aliphatic heterocycles. The summed E-state index contributed by atoms with van der Waals surface area (Å²) in [7, 11) is 2.15. The number of carbonyl (C=O) groups is 2. The first-order valence-electron chi connectivity index (χ1n) is 14.1. The molecule has 3 N–H and O–H groups in total. The molecule has 0 bridgehead atoms. The Morgan fingerprint density at radius 3 is 2.62 bits per heavy atom. The van der Waals surface area contributed by atoms with E-state index < -0.39 is 6.03 Å². The van der Waals surface area contributed by atoms with Crippen molar-refractivity contribution in [2.24, 2.45) is 11.8 Å². The van der Waals surface area contributed by atoms with Gasteiger partial charge >= 0.3 is 6.03 Å². The zero-order chi connectivity index (χ0) is 28.1. The molecule has 3 atom stereocenters. The highest BCUT2D eigenvalue weighted by Crippen LogP contribution is 2.31. The van der Waals surface area contributed by atoms with E-state index in [9.17, 15) is 14.7 Å². The van der Waals surface area contributed by atoms with Crippen molar-refractivity contribution in [2.45, 2.75) is 71.9 Å². The van der Waals surface area contributed by atoms with Gasteiger partial charge in [0.05, 0.1) is 18.2 Å². The molecule has 0 spiro atoms. The molecular formula is C29H43N5O5. The van der Waals surface area contributed by atoms with Crippen LogP contribution in [0.15, 0.2) is 22.7 Å². The summed E-state index contributed by atoms with van der Waals surface area (Å²) in [5.74, 6) is 1.53. The van der Waals surface area contributed by atoms with E-state index in [1.54, 1.807) is 36.9 Å². The average Bonchev–Trinajstić information content (AvgIpc) is 3.23. The number of aromatic nitrogens is 1. The van der Waals surface area contributed by atoms with Crippen molar-refractivity contribution in [3.8, 4) is 5.75 Å². The number of nitrogens with one attached hydrogen (secondary N) is 2. The largest absolute Gasteiger partial charge is 0.488 e. The number of ether oxygens (including phenoxy) is 1. The second kappa shape index (κ2) is 12.8. The third-order valence-corrected chi connectivity index (χ3v) is 7.98. The van der Waals surface area contributed by atoms with Gasteiger partial charge in [-0.2, -0.15) is 0 Å². The van der Waals surface area contributed by atoms with Crippen LogP contribution in [0, 0.1) is 25.7 Å². The third-order valence-electron chi connectivity index (χ3n) is 7.98. The summed E-state index contributed by atoms with van der Waals surface area (Å²) in [4.78, 5) is 30.5. The molecular weight excluding hydrogens is 498 g/mol. The Morgan fingerprint density at radius 1 is 1.21 bits per heavy atom. The van der Waals surface area contributed by atoms with E-state index in [4.69, 9.17) is 9.26 Å². The van der Waals surface area contributed by atoms with E-state index >= 15 is 0 Å². The van der Waals surface area contributed by atoms with Gasteiger partial charge in [0.1, 0.15) is 23.2 Å². The first kappa shape index (κ1) is 28.9. The molecule has 1 aliphatic carbocycles. The topological polar surface area (TPSA) is 120 Å². The number of carbonyl (C=O) groups excluding carboxylic acids is 2. The highest BCUT2D eigenvalue weighted by molar-refractivity contribution is 6.03. The first-order chi connectivity index (χ1) is 18.7. The Kier molecular flexibility index (Phi) is 9.50. The summed E-state index contributed by atoms with van der Waals surface area (Å²) in [5, 5.41) is 19.3. The maximum Gasteiger partial charge on any atom is 0.323 e. The second-order valence-corrected chi connectivity index (χ2v) is 11.3. The number of rotatable bonds is 8. The Morgan fingerprint density at radius 2 is 1.95 bits per heavy atom. The van der Waals surface area contributed by atoms with Crippen molar-refractivity contribution in [2.75, 3.05) is 43.9 Å². The third kappa shape index (κ3) is 7.10. The Hall–Kier alpha value is -3.11. The van der Waals surface area contributed by atoms with Crippen LogP contribution in [0.3, 0.4) is 0 Å². The van der Waals surface area contributed by atoms with Gasteiger partial charge in [0.2, 0.25) is 0 Å². The minimum atomic E-state index is -0.472. The number of aliphatic hydroxyl groups is 1. The molecule has 0 unspecified atom stereocenters. The summed E-state index contributed by atoms with van der Waals surface area (Å²) in [6.45, 7) is 9.52. The lowest BCUT2D eigenvalue weighted by Gasteiger charge is -2.38. The smallest absolute Gasteiger partial charge is 0.323 e. The van der Waals surface area contributed by atoms with Gasteiger partial charge < -0.3 is 34.8 Å². The fourth-order valence-corrected chi connectivity index (χ4v) is 5.65. The molecule has 1 aromatic carbocycles. The van der Waals surface area contributed by atoms with Crippen LogP contribution in [0.5, 0.6) is 5.75 Å². The van der Waals surface area contributed by atoms with Crippen LogP contribution in [-0.2, 0) is 0 Å². The van der Waals surface area contributed by atoms with E-state index in [2.05, 4.69) is 34.7 Å². The molecule has 2 heterocycles. The van der Waals surface area contributed by atoms with E-state index in [1.165, 1.54) is 32.1 Å². The predicted octanol–water partition coefficient (Wildman–Crippen LogP) is 4.67. The zero-order valence-electron chi connectivity index (χ0n) is 23.8. The molecule has 214 valence electrons. The Bertz CT molecular complexity index is 1130. The van der Waals surface area contributed by atoms with Gasteiger partial charge in [0.25, 0.3) is 5.91 Å². The van der Waals surface area contributed by atoms with Crippen molar-refractivity contribution in [1.29, 1.82) is 0 Å². The normalized spacial score (nSPS) is 21.1. The lowest BCUT2D eigenvalue weighted by Crippen LogP contribution is -2.50. The van der Waals surface area contributed by atoms with Crippen molar-refractivity contribution in [3.63, 3.8) is 0 Å². The highest BCUT2D eigenvalue weighted by Gasteiger charge is 2.34. The van der Waals surface area contributed by atoms with Gasteiger partial charge in [-0.15, -0.1) is 0 Å². The number of amides is 3. The molecule has 39 heavy (non-hydrogen) atoms. The lowest BCUT2D eigenvalue weighted by molar-refractivity contribution is 0.0330. The number of hydrogen-bond acceptors (Lipinski definition) is 7. The quantitative estimate of drug-likeness (QED) is 0.444. The summed E-state index contributed by atoms with van der Waals surface area (Å²) >= 11 is 0. The van der Waals surface area contributed by atoms with E-state index in [0.717, 1.165) is 19.0 Å². The van der Waals surface area contributed by atoms with Crippen LogP contribution in [-0.4, -0.2) is 77.4 Å². The van der Waals surface area contributed by atoms with Crippen LogP contribution < -0.4 is 15.4 Å². The molecule has 10 heteroatoms. The van der Waals surface area contributed by atoms with Gasteiger partial charge in [0, 0.05) is 31.2 Å². The Labute approximate surface area is 231 Å². The number of nitrogens with zero attached hydrogens (tertiary/aromatic N) is 3. The molecule has 1 saturated carbocycles. The summed E-state index contributed by atoms with van der Waals surface area (Å²) in [5.41, 5.74) is 1.89. The van der Waals surface area contributed by atoms with Gasteiger partial charge in [-0.1, -0.05) is 31.3 Å². The number of anilines is 2. The van der Waals surface area contributed by atoms with Crippen LogP contribution in [0.1, 0.15) is 67.8 Å². The Balaban J connectivity index is 1.54. The fourth-order valence-electron chi connectivity index (χ4n) is 5.65. The van der Waals surface area contributed by atoms with Crippen molar-refractivity contribution in [3.05, 3.63) is 35.2 Å². The van der Waals surface area contributed by atoms with E-state index in [0.29, 0.717) is 40.7 Å². The fraction of sp³-hybridized carbons (Fsp3) is 0.621. The molecule has 3 amide bonds. The highest BCUT2D eigenvalue weighted by atomic mass is 16.5. The second-order valence-electron chi connectivity index (χ2n) is 11.3. The van der Waals surface area contributed by atoms with Crippen molar-refractivity contribution >= 4 is 23.3 Å². The van der Waals surface area contributed by atoms with Crippen LogP contribution in [0.2, 0.25) is 0 Å². The molecule has 2 aliphatic rings. The lowest BCUT2D eigenvalue weighted by atomic mass is 9.89. The van der Waals surface area contributed by atoms with Crippen molar-refractivity contribution < 1.29 is 24.0 Å². The summed E-state index contributed by atoms with van der Waals surface area (Å²) in [6.07, 6.45) is 6.38. The number of aliphatic hydroxyl groups excluding tert-OH is 1. The van der Waals surface area contributed by atoms with Gasteiger partial charge in [-0.05, 0) is 64.8 Å². The van der Waals surface area contributed by atoms with Crippen LogP contribution in [0.25, 0.3) is 0 Å². The number of aryl methyl sites for hydroxylation is 2. The number of likely N-dealkylation sites (N-methyl/N-ethyl adjacent to an activating group) is 1. The van der Waals surface area contributed by atoms with Crippen molar-refractivity contribution in [1.82, 2.24) is 15.0 Å².